The van der Waals surface area contributed by atoms with Gasteiger partial charge in [0.15, 0.2) is 0 Å². The summed E-state index contributed by atoms with van der Waals surface area (Å²) < 4.78 is 5.67. The van der Waals surface area contributed by atoms with Gasteiger partial charge in [-0.05, 0) is 52.9 Å². The van der Waals surface area contributed by atoms with E-state index in [4.69, 9.17) is 4.52 Å². The maximum absolute atomic E-state index is 5.11. The normalized spacial score (nSPS) is 23.2. The van der Waals surface area contributed by atoms with Crippen molar-refractivity contribution in [1.29, 1.82) is 0 Å². The van der Waals surface area contributed by atoms with E-state index in [0.29, 0.717) is 10.7 Å². The monoisotopic (exact) mass is 273 g/mol. The third-order valence-electron chi connectivity index (χ3n) is 2.96. The van der Waals surface area contributed by atoms with Crippen LogP contribution in [0.25, 0.3) is 0 Å². The molecule has 0 radical (unpaired) electrons. The van der Waals surface area contributed by atoms with E-state index in [9.17, 15) is 0 Å². The molecule has 15 heavy (non-hydrogen) atoms. The van der Waals surface area contributed by atoms with E-state index in [1.165, 1.54) is 19.4 Å². The van der Waals surface area contributed by atoms with Crippen LogP contribution in [0.4, 0.5) is 0 Å². The molecule has 0 spiro atoms. The summed E-state index contributed by atoms with van der Waals surface area (Å²) in [6, 6.07) is 0. The largest absolute Gasteiger partial charge is 0.338 e. The molecule has 1 aliphatic heterocycles. The van der Waals surface area contributed by atoms with Crippen LogP contribution in [0.1, 0.15) is 25.7 Å². The zero-order valence-corrected chi connectivity index (χ0v) is 10.5. The van der Waals surface area contributed by atoms with Gasteiger partial charge in [0, 0.05) is 13.0 Å². The fourth-order valence-corrected chi connectivity index (χ4v) is 2.44. The van der Waals surface area contributed by atoms with Crippen LogP contribution in [0.15, 0.2) is 9.26 Å². The van der Waals surface area contributed by atoms with Crippen molar-refractivity contribution in [1.82, 2.24) is 15.0 Å². The van der Waals surface area contributed by atoms with Gasteiger partial charge in [-0.25, -0.2) is 0 Å². The summed E-state index contributed by atoms with van der Waals surface area (Å²) in [5.74, 6) is 1.43. The van der Waals surface area contributed by atoms with E-state index in [-0.39, 0.29) is 0 Å². The molecule has 0 bridgehead atoms. The average molecular weight is 274 g/mol. The van der Waals surface area contributed by atoms with Crippen molar-refractivity contribution in [2.45, 2.75) is 26.2 Å². The predicted molar refractivity (Wildman–Crippen MR) is 60.5 cm³/mol. The number of halogens is 1. The number of aromatic nitrogens is 2. The van der Waals surface area contributed by atoms with Crippen LogP contribution >= 0.6 is 15.9 Å². The Morgan fingerprint density at radius 1 is 1.60 bits per heavy atom. The van der Waals surface area contributed by atoms with Crippen LogP contribution in [0.5, 0.6) is 0 Å². The molecule has 1 saturated heterocycles. The van der Waals surface area contributed by atoms with E-state index in [1.54, 1.807) is 0 Å². The number of nitrogens with zero attached hydrogens (tertiary/aromatic N) is 3. The second-order valence-electron chi connectivity index (χ2n) is 4.06. The van der Waals surface area contributed by atoms with E-state index >= 15 is 0 Å². The van der Waals surface area contributed by atoms with Crippen LogP contribution < -0.4 is 0 Å². The molecule has 0 aliphatic carbocycles. The van der Waals surface area contributed by atoms with Crippen LogP contribution in [-0.2, 0) is 6.42 Å². The Hall–Kier alpha value is -0.420. The number of rotatable bonds is 3. The van der Waals surface area contributed by atoms with Gasteiger partial charge in [0.25, 0.3) is 0 Å². The third-order valence-corrected chi connectivity index (χ3v) is 3.28. The molecule has 4 nitrogen and oxygen atoms in total. The fraction of sp³-hybridized carbons (Fsp3) is 0.800. The molecule has 2 rings (SSSR count). The lowest BCUT2D eigenvalue weighted by molar-refractivity contribution is 0.174. The first-order valence-corrected chi connectivity index (χ1v) is 6.27. The zero-order valence-electron chi connectivity index (χ0n) is 8.95. The van der Waals surface area contributed by atoms with Gasteiger partial charge < -0.3 is 9.42 Å². The van der Waals surface area contributed by atoms with Crippen molar-refractivity contribution >= 4 is 15.9 Å². The molecule has 1 fully saturated rings. The SMILES string of the molecule is CCN1CCCC(Cc2nc(Br)no2)C1. The van der Waals surface area contributed by atoms with E-state index in [1.807, 2.05) is 0 Å². The minimum Gasteiger partial charge on any atom is -0.338 e. The van der Waals surface area contributed by atoms with E-state index in [0.717, 1.165) is 25.4 Å². The second-order valence-corrected chi connectivity index (χ2v) is 4.77. The summed E-state index contributed by atoms with van der Waals surface area (Å²) in [4.78, 5) is 6.66. The summed E-state index contributed by atoms with van der Waals surface area (Å²) in [5.41, 5.74) is 0. The first kappa shape index (κ1) is 11.1. The molecule has 1 aromatic rings. The summed E-state index contributed by atoms with van der Waals surface area (Å²) in [6.45, 7) is 5.76. The Bertz CT molecular complexity index is 315. The molecular formula is C10H16BrN3O. The molecule has 1 aliphatic rings. The Morgan fingerprint density at radius 3 is 3.13 bits per heavy atom. The third kappa shape index (κ3) is 3.01. The van der Waals surface area contributed by atoms with Gasteiger partial charge in [-0.3, -0.25) is 0 Å². The highest BCUT2D eigenvalue weighted by atomic mass is 79.9. The Kier molecular flexibility index (Phi) is 3.75. The molecule has 0 amide bonds. The van der Waals surface area contributed by atoms with Gasteiger partial charge in [0.1, 0.15) is 0 Å². The molecule has 5 heteroatoms. The van der Waals surface area contributed by atoms with Crippen LogP contribution in [0, 0.1) is 5.92 Å². The van der Waals surface area contributed by atoms with Crippen molar-refractivity contribution in [3.63, 3.8) is 0 Å². The second kappa shape index (κ2) is 5.07. The highest BCUT2D eigenvalue weighted by Crippen LogP contribution is 2.20. The highest BCUT2D eigenvalue weighted by Gasteiger charge is 2.21. The Morgan fingerprint density at radius 2 is 2.47 bits per heavy atom. The van der Waals surface area contributed by atoms with Crippen molar-refractivity contribution in [2.24, 2.45) is 5.92 Å². The summed E-state index contributed by atoms with van der Waals surface area (Å²) >= 11 is 3.20. The van der Waals surface area contributed by atoms with Crippen LogP contribution in [0.2, 0.25) is 0 Å². The van der Waals surface area contributed by atoms with Gasteiger partial charge >= 0.3 is 0 Å². The molecule has 1 aromatic heterocycles. The van der Waals surface area contributed by atoms with E-state index < -0.39 is 0 Å². The lowest BCUT2D eigenvalue weighted by Gasteiger charge is -2.30. The first-order valence-electron chi connectivity index (χ1n) is 5.48. The fourth-order valence-electron chi connectivity index (χ4n) is 2.17. The lowest BCUT2D eigenvalue weighted by Crippen LogP contribution is -2.35. The lowest BCUT2D eigenvalue weighted by atomic mass is 9.95. The molecule has 1 atom stereocenters. The maximum atomic E-state index is 5.11. The molecule has 0 aromatic carbocycles. The predicted octanol–water partition coefficient (Wildman–Crippen LogP) is 2.11. The number of piperidine rings is 1. The Labute approximate surface area is 98.2 Å². The van der Waals surface area contributed by atoms with Gasteiger partial charge in [0.05, 0.1) is 0 Å². The zero-order chi connectivity index (χ0) is 10.7. The number of hydrogen-bond acceptors (Lipinski definition) is 4. The van der Waals surface area contributed by atoms with Gasteiger partial charge in [-0.15, -0.1) is 0 Å². The quantitative estimate of drug-likeness (QED) is 0.846. The standard InChI is InChI=1S/C10H16BrN3O/c1-2-14-5-3-4-8(7-14)6-9-12-10(11)13-15-9/h8H,2-7H2,1H3. The number of likely N-dealkylation sites (tertiary alicyclic amines) is 1. The minimum atomic E-state index is 0.556. The van der Waals surface area contributed by atoms with Crippen molar-refractivity contribution in [3.05, 3.63) is 10.6 Å². The van der Waals surface area contributed by atoms with Gasteiger partial charge in [0.2, 0.25) is 10.6 Å². The molecule has 0 saturated carbocycles. The van der Waals surface area contributed by atoms with Gasteiger partial charge in [-0.1, -0.05) is 6.92 Å². The highest BCUT2D eigenvalue weighted by molar-refractivity contribution is 9.10. The summed E-state index contributed by atoms with van der Waals surface area (Å²) in [7, 11) is 0. The molecule has 2 heterocycles. The minimum absolute atomic E-state index is 0.556. The summed E-state index contributed by atoms with van der Waals surface area (Å²) in [6.07, 6.45) is 3.47. The van der Waals surface area contributed by atoms with Gasteiger partial charge in [-0.2, -0.15) is 4.98 Å². The number of hydrogen-bond donors (Lipinski definition) is 0. The summed E-state index contributed by atoms with van der Waals surface area (Å²) in [5, 5.41) is 3.74. The Balaban J connectivity index is 1.88. The van der Waals surface area contributed by atoms with Crippen molar-refractivity contribution in [2.75, 3.05) is 19.6 Å². The topological polar surface area (TPSA) is 42.2 Å². The smallest absolute Gasteiger partial charge is 0.238 e. The molecule has 0 N–H and O–H groups in total. The first-order chi connectivity index (χ1) is 7.28. The van der Waals surface area contributed by atoms with E-state index in [2.05, 4.69) is 37.9 Å². The molecular weight excluding hydrogens is 258 g/mol. The van der Waals surface area contributed by atoms with Crippen LogP contribution in [-0.4, -0.2) is 34.7 Å². The maximum Gasteiger partial charge on any atom is 0.238 e. The molecule has 84 valence electrons. The van der Waals surface area contributed by atoms with Crippen molar-refractivity contribution in [3.8, 4) is 0 Å². The van der Waals surface area contributed by atoms with Crippen LogP contribution in [0.3, 0.4) is 0 Å². The van der Waals surface area contributed by atoms with Crippen molar-refractivity contribution < 1.29 is 4.52 Å². The molecule has 1 unspecified atom stereocenters. The average Bonchev–Trinajstić information content (AvgIpc) is 2.64.